The van der Waals surface area contributed by atoms with Gasteiger partial charge in [0.25, 0.3) is 0 Å². The van der Waals surface area contributed by atoms with Gasteiger partial charge >= 0.3 is 0 Å². The van der Waals surface area contributed by atoms with Crippen molar-refractivity contribution in [3.05, 3.63) is 59.7 Å². The van der Waals surface area contributed by atoms with E-state index in [2.05, 4.69) is 32.5 Å². The van der Waals surface area contributed by atoms with Crippen LogP contribution >= 0.6 is 0 Å². The zero-order valence-electron chi connectivity index (χ0n) is 14.2. The predicted molar refractivity (Wildman–Crippen MR) is 93.8 cm³/mol. The zero-order chi connectivity index (χ0) is 16.9. The molecule has 0 saturated carbocycles. The van der Waals surface area contributed by atoms with E-state index < -0.39 is 0 Å². The molecular formula is C18H21N5O. The lowest BCUT2D eigenvalue weighted by atomic mass is 10.1. The Hall–Kier alpha value is -2.89. The van der Waals surface area contributed by atoms with Crippen LogP contribution in [0.4, 0.5) is 5.82 Å². The highest BCUT2D eigenvalue weighted by atomic mass is 16.5. The summed E-state index contributed by atoms with van der Waals surface area (Å²) >= 11 is 0. The summed E-state index contributed by atoms with van der Waals surface area (Å²) in [4.78, 5) is 8.58. The summed E-state index contributed by atoms with van der Waals surface area (Å²) in [5, 5.41) is 7.79. The van der Waals surface area contributed by atoms with Crippen LogP contribution in [0.15, 0.2) is 42.7 Å². The van der Waals surface area contributed by atoms with E-state index in [-0.39, 0.29) is 0 Å². The van der Waals surface area contributed by atoms with Gasteiger partial charge in [0.2, 0.25) is 0 Å². The quantitative estimate of drug-likeness (QED) is 0.755. The molecule has 0 fully saturated rings. The Morgan fingerprint density at radius 2 is 1.88 bits per heavy atom. The minimum absolute atomic E-state index is 0.766. The molecule has 3 rings (SSSR count). The summed E-state index contributed by atoms with van der Waals surface area (Å²) in [5.41, 5.74) is 3.27. The smallest absolute Gasteiger partial charge is 0.159 e. The van der Waals surface area contributed by atoms with Crippen LogP contribution in [0.2, 0.25) is 0 Å². The van der Waals surface area contributed by atoms with Crippen LogP contribution in [0, 0.1) is 13.8 Å². The number of ether oxygens (including phenoxy) is 1. The third-order valence-corrected chi connectivity index (χ3v) is 3.76. The van der Waals surface area contributed by atoms with Gasteiger partial charge in [-0.15, -0.1) is 0 Å². The molecule has 6 nitrogen and oxygen atoms in total. The molecule has 0 bridgehead atoms. The van der Waals surface area contributed by atoms with E-state index in [9.17, 15) is 0 Å². The van der Waals surface area contributed by atoms with Crippen molar-refractivity contribution in [2.24, 2.45) is 0 Å². The minimum atomic E-state index is 0.766. The first-order valence-corrected chi connectivity index (χ1v) is 7.88. The third-order valence-electron chi connectivity index (χ3n) is 3.76. The lowest BCUT2D eigenvalue weighted by Crippen LogP contribution is -2.09. The van der Waals surface area contributed by atoms with Crippen molar-refractivity contribution < 1.29 is 4.74 Å². The molecule has 6 heteroatoms. The topological polar surface area (TPSA) is 64.9 Å². The van der Waals surface area contributed by atoms with Gasteiger partial charge in [0.1, 0.15) is 17.9 Å². The maximum absolute atomic E-state index is 5.17. The van der Waals surface area contributed by atoms with Gasteiger partial charge in [0.15, 0.2) is 5.82 Å². The Morgan fingerprint density at radius 3 is 2.54 bits per heavy atom. The summed E-state index contributed by atoms with van der Waals surface area (Å²) in [6.07, 6.45) is 2.46. The molecule has 0 spiro atoms. The monoisotopic (exact) mass is 323 g/mol. The molecule has 0 amide bonds. The molecule has 0 unspecified atom stereocenters. The lowest BCUT2D eigenvalue weighted by molar-refractivity contribution is 0.414. The minimum Gasteiger partial charge on any atom is -0.497 e. The molecule has 3 aromatic rings. The Balaban J connectivity index is 1.63. The van der Waals surface area contributed by atoms with E-state index in [4.69, 9.17) is 4.74 Å². The van der Waals surface area contributed by atoms with Gasteiger partial charge in [-0.2, -0.15) is 5.10 Å². The third kappa shape index (κ3) is 3.71. The zero-order valence-corrected chi connectivity index (χ0v) is 14.2. The number of benzene rings is 1. The summed E-state index contributed by atoms with van der Waals surface area (Å²) in [6.45, 7) is 4.78. The Bertz CT molecular complexity index is 811. The number of anilines is 1. The van der Waals surface area contributed by atoms with E-state index >= 15 is 0 Å². The molecule has 0 aliphatic rings. The van der Waals surface area contributed by atoms with Crippen molar-refractivity contribution in [2.45, 2.75) is 20.3 Å². The second-order valence-electron chi connectivity index (χ2n) is 5.63. The summed E-state index contributed by atoms with van der Waals surface area (Å²) in [6, 6.07) is 12.0. The molecule has 0 atom stereocenters. The number of aromatic nitrogens is 4. The average molecular weight is 323 g/mol. The molecule has 124 valence electrons. The Kier molecular flexibility index (Phi) is 4.74. The normalized spacial score (nSPS) is 10.6. The van der Waals surface area contributed by atoms with Crippen LogP contribution in [0.25, 0.3) is 5.82 Å². The number of hydrogen-bond acceptors (Lipinski definition) is 5. The summed E-state index contributed by atoms with van der Waals surface area (Å²) in [7, 11) is 1.67. The van der Waals surface area contributed by atoms with Crippen molar-refractivity contribution in [1.29, 1.82) is 0 Å². The summed E-state index contributed by atoms with van der Waals surface area (Å²) in [5.74, 6) is 2.43. The second-order valence-corrected chi connectivity index (χ2v) is 5.63. The van der Waals surface area contributed by atoms with Gasteiger partial charge in [-0.1, -0.05) is 12.1 Å². The molecular weight excluding hydrogens is 302 g/mol. The number of rotatable bonds is 6. The number of methoxy groups -OCH3 is 1. The van der Waals surface area contributed by atoms with Crippen molar-refractivity contribution in [2.75, 3.05) is 19.0 Å². The van der Waals surface area contributed by atoms with Crippen LogP contribution in [-0.2, 0) is 6.42 Å². The van der Waals surface area contributed by atoms with Crippen LogP contribution in [-0.4, -0.2) is 33.4 Å². The van der Waals surface area contributed by atoms with Crippen molar-refractivity contribution >= 4 is 5.82 Å². The highest BCUT2D eigenvalue weighted by Gasteiger charge is 2.06. The first kappa shape index (κ1) is 16.0. The van der Waals surface area contributed by atoms with Crippen LogP contribution in [0.5, 0.6) is 5.75 Å². The number of aryl methyl sites for hydroxylation is 2. The fraction of sp³-hybridized carbons (Fsp3) is 0.278. The molecule has 2 heterocycles. The molecule has 1 aromatic carbocycles. The van der Waals surface area contributed by atoms with E-state index in [1.165, 1.54) is 5.56 Å². The summed E-state index contributed by atoms with van der Waals surface area (Å²) < 4.78 is 6.99. The van der Waals surface area contributed by atoms with Crippen molar-refractivity contribution in [3.8, 4) is 11.6 Å². The molecule has 0 aliphatic carbocycles. The van der Waals surface area contributed by atoms with Gasteiger partial charge in [-0.05, 0) is 44.0 Å². The van der Waals surface area contributed by atoms with E-state index in [0.29, 0.717) is 0 Å². The highest BCUT2D eigenvalue weighted by molar-refractivity contribution is 5.41. The molecule has 0 saturated heterocycles. The predicted octanol–water partition coefficient (Wildman–Crippen LogP) is 2.94. The maximum atomic E-state index is 5.17. The second kappa shape index (κ2) is 7.12. The number of hydrogen-bond donors (Lipinski definition) is 1. The fourth-order valence-corrected chi connectivity index (χ4v) is 2.55. The van der Waals surface area contributed by atoms with Crippen LogP contribution < -0.4 is 10.1 Å². The van der Waals surface area contributed by atoms with E-state index in [1.54, 1.807) is 13.4 Å². The van der Waals surface area contributed by atoms with Gasteiger partial charge in [-0.25, -0.2) is 14.6 Å². The molecule has 1 N–H and O–H groups in total. The fourth-order valence-electron chi connectivity index (χ4n) is 2.55. The van der Waals surface area contributed by atoms with Gasteiger partial charge in [0, 0.05) is 18.3 Å². The molecule has 24 heavy (non-hydrogen) atoms. The largest absolute Gasteiger partial charge is 0.497 e. The van der Waals surface area contributed by atoms with Gasteiger partial charge in [-0.3, -0.25) is 0 Å². The maximum Gasteiger partial charge on any atom is 0.159 e. The SMILES string of the molecule is COc1ccc(CCNc2cc(-n3nc(C)cc3C)ncn2)cc1. The lowest BCUT2D eigenvalue weighted by Gasteiger charge is -2.08. The van der Waals surface area contributed by atoms with Crippen molar-refractivity contribution in [3.63, 3.8) is 0 Å². The Morgan fingerprint density at radius 1 is 1.08 bits per heavy atom. The first-order chi connectivity index (χ1) is 11.7. The van der Waals surface area contributed by atoms with Crippen molar-refractivity contribution in [1.82, 2.24) is 19.7 Å². The van der Waals surface area contributed by atoms with Gasteiger partial charge < -0.3 is 10.1 Å². The van der Waals surface area contributed by atoms with Crippen LogP contribution in [0.3, 0.4) is 0 Å². The molecule has 0 radical (unpaired) electrons. The first-order valence-electron chi connectivity index (χ1n) is 7.88. The highest BCUT2D eigenvalue weighted by Crippen LogP contribution is 2.14. The van der Waals surface area contributed by atoms with Gasteiger partial charge in [0.05, 0.1) is 12.8 Å². The van der Waals surface area contributed by atoms with Crippen LogP contribution in [0.1, 0.15) is 17.0 Å². The Labute approximate surface area is 141 Å². The van der Waals surface area contributed by atoms with E-state index in [1.807, 2.05) is 42.8 Å². The number of nitrogens with one attached hydrogen (secondary N) is 1. The standard InChI is InChI=1S/C18H21N5O/c1-13-10-14(2)23(22-13)18-11-17(20-12-21-18)19-9-8-15-4-6-16(24-3)7-5-15/h4-7,10-12H,8-9H2,1-3H3,(H,19,20,21). The molecule has 2 aromatic heterocycles. The van der Waals surface area contributed by atoms with E-state index in [0.717, 1.165) is 41.7 Å². The number of nitrogens with zero attached hydrogens (tertiary/aromatic N) is 4. The molecule has 0 aliphatic heterocycles. The average Bonchev–Trinajstić information content (AvgIpc) is 2.94.